The highest BCUT2D eigenvalue weighted by Crippen LogP contribution is 2.22. The molecular weight excluding hydrogens is 374 g/mol. The Balaban J connectivity index is 1.75. The highest BCUT2D eigenvalue weighted by molar-refractivity contribution is 7.89. The third kappa shape index (κ3) is 4.41. The Bertz CT molecular complexity index is 988. The first-order valence-electron chi connectivity index (χ1n) is 9.33. The molecule has 1 aliphatic rings. The van der Waals surface area contributed by atoms with Crippen LogP contribution >= 0.6 is 0 Å². The van der Waals surface area contributed by atoms with Gasteiger partial charge in [0.15, 0.2) is 0 Å². The molecule has 1 aliphatic heterocycles. The summed E-state index contributed by atoms with van der Waals surface area (Å²) in [6, 6.07) is 14.9. The van der Waals surface area contributed by atoms with Crippen LogP contribution < -0.4 is 5.32 Å². The smallest absolute Gasteiger partial charge is 0.251 e. The van der Waals surface area contributed by atoms with Crippen molar-refractivity contribution in [2.45, 2.75) is 37.1 Å². The van der Waals surface area contributed by atoms with Crippen LogP contribution in [0.25, 0.3) is 0 Å². The number of carbonyl (C=O) groups is 1. The van der Waals surface area contributed by atoms with Gasteiger partial charge in [0.25, 0.3) is 5.91 Å². The Morgan fingerprint density at radius 1 is 1.11 bits per heavy atom. The van der Waals surface area contributed by atoms with Crippen LogP contribution in [0.1, 0.15) is 53.7 Å². The summed E-state index contributed by atoms with van der Waals surface area (Å²) in [6.45, 7) is 2.89. The number of amides is 1. The molecule has 0 bridgehead atoms. The molecule has 6 nitrogen and oxygen atoms in total. The monoisotopic (exact) mass is 397 g/mol. The van der Waals surface area contributed by atoms with Crippen molar-refractivity contribution >= 4 is 15.9 Å². The number of carbonyl (C=O) groups excluding carboxylic acids is 1. The van der Waals surface area contributed by atoms with Gasteiger partial charge in [0.2, 0.25) is 10.0 Å². The summed E-state index contributed by atoms with van der Waals surface area (Å²) in [7, 11) is -3.58. The zero-order valence-corrected chi connectivity index (χ0v) is 16.6. The van der Waals surface area contributed by atoms with E-state index in [4.69, 9.17) is 5.26 Å². The number of nitrogens with zero attached hydrogens (tertiary/aromatic N) is 2. The van der Waals surface area contributed by atoms with Crippen molar-refractivity contribution in [3.05, 3.63) is 65.2 Å². The van der Waals surface area contributed by atoms with Crippen LogP contribution in [0.15, 0.2) is 53.4 Å². The van der Waals surface area contributed by atoms with Crippen LogP contribution in [0.4, 0.5) is 0 Å². The fraction of sp³-hybridized carbons (Fsp3) is 0.333. The average molecular weight is 398 g/mol. The van der Waals surface area contributed by atoms with Crippen LogP contribution in [0.2, 0.25) is 0 Å². The summed E-state index contributed by atoms with van der Waals surface area (Å²) in [5.41, 5.74) is 1.72. The van der Waals surface area contributed by atoms with Gasteiger partial charge < -0.3 is 5.32 Å². The Morgan fingerprint density at radius 3 is 2.43 bits per heavy atom. The van der Waals surface area contributed by atoms with E-state index in [1.807, 2.05) is 6.92 Å². The molecule has 0 aliphatic carbocycles. The van der Waals surface area contributed by atoms with E-state index < -0.39 is 10.0 Å². The standard InChI is InChI=1S/C21H23N3O3S/c1-16(18-10-8-17(15-22)9-11-18)23-21(25)19-6-5-7-20(14-19)28(26,27)24-12-3-2-4-13-24/h5-11,14,16H,2-4,12-13H2,1H3,(H,23,25). The normalized spacial score (nSPS) is 16.1. The second-order valence-corrected chi connectivity index (χ2v) is 8.86. The minimum atomic E-state index is -3.58. The number of hydrogen-bond acceptors (Lipinski definition) is 4. The maximum Gasteiger partial charge on any atom is 0.251 e. The Hall–Kier alpha value is -2.69. The first-order valence-corrected chi connectivity index (χ1v) is 10.8. The molecule has 2 aromatic carbocycles. The lowest BCUT2D eigenvalue weighted by Crippen LogP contribution is -2.35. The molecule has 28 heavy (non-hydrogen) atoms. The van der Waals surface area contributed by atoms with Gasteiger partial charge in [-0.15, -0.1) is 0 Å². The van der Waals surface area contributed by atoms with Crippen LogP contribution in [0.3, 0.4) is 0 Å². The molecule has 2 aromatic rings. The molecule has 7 heteroatoms. The molecule has 0 radical (unpaired) electrons. The minimum absolute atomic E-state index is 0.146. The summed E-state index contributed by atoms with van der Waals surface area (Å²) < 4.78 is 27.2. The van der Waals surface area contributed by atoms with Gasteiger partial charge in [-0.3, -0.25) is 4.79 Å². The molecule has 1 saturated heterocycles. The topological polar surface area (TPSA) is 90.3 Å². The van der Waals surface area contributed by atoms with Gasteiger partial charge >= 0.3 is 0 Å². The summed E-state index contributed by atoms with van der Waals surface area (Å²) in [4.78, 5) is 12.8. The molecule has 0 aromatic heterocycles. The molecule has 146 valence electrons. The molecule has 1 amide bonds. The molecular formula is C21H23N3O3S. The highest BCUT2D eigenvalue weighted by Gasteiger charge is 2.26. The molecule has 1 fully saturated rings. The highest BCUT2D eigenvalue weighted by atomic mass is 32.2. The Morgan fingerprint density at radius 2 is 1.79 bits per heavy atom. The molecule has 1 heterocycles. The van der Waals surface area contributed by atoms with Gasteiger partial charge in [0, 0.05) is 18.7 Å². The second kappa shape index (κ2) is 8.55. The first-order chi connectivity index (χ1) is 13.4. The molecule has 1 unspecified atom stereocenters. The molecule has 0 spiro atoms. The fourth-order valence-electron chi connectivity index (χ4n) is 3.26. The zero-order valence-electron chi connectivity index (χ0n) is 15.8. The zero-order chi connectivity index (χ0) is 20.1. The number of nitriles is 1. The lowest BCUT2D eigenvalue weighted by atomic mass is 10.1. The summed E-state index contributed by atoms with van der Waals surface area (Å²) >= 11 is 0. The second-order valence-electron chi connectivity index (χ2n) is 6.92. The van der Waals surface area contributed by atoms with Crippen molar-refractivity contribution in [1.82, 2.24) is 9.62 Å². The van der Waals surface area contributed by atoms with Gasteiger partial charge in [0.1, 0.15) is 0 Å². The van der Waals surface area contributed by atoms with Gasteiger partial charge in [-0.2, -0.15) is 9.57 Å². The molecule has 3 rings (SSSR count). The number of hydrogen-bond donors (Lipinski definition) is 1. The molecule has 1 N–H and O–H groups in total. The fourth-order valence-corrected chi connectivity index (χ4v) is 4.83. The molecule has 1 atom stereocenters. The minimum Gasteiger partial charge on any atom is -0.346 e. The van der Waals surface area contributed by atoms with Crippen molar-refractivity contribution in [2.75, 3.05) is 13.1 Å². The van der Waals surface area contributed by atoms with E-state index in [-0.39, 0.29) is 16.8 Å². The van der Waals surface area contributed by atoms with Crippen molar-refractivity contribution in [3.8, 4) is 6.07 Å². The van der Waals surface area contributed by atoms with Crippen molar-refractivity contribution in [2.24, 2.45) is 0 Å². The maximum atomic E-state index is 12.8. The summed E-state index contributed by atoms with van der Waals surface area (Å²) in [5.74, 6) is -0.340. The quantitative estimate of drug-likeness (QED) is 0.839. The van der Waals surface area contributed by atoms with Crippen molar-refractivity contribution < 1.29 is 13.2 Å². The summed E-state index contributed by atoms with van der Waals surface area (Å²) in [5, 5.41) is 11.8. The number of rotatable bonds is 5. The lowest BCUT2D eigenvalue weighted by Gasteiger charge is -2.26. The first kappa shape index (κ1) is 20.1. The Labute approximate surface area is 165 Å². The SMILES string of the molecule is CC(NC(=O)c1cccc(S(=O)(=O)N2CCCCC2)c1)c1ccc(C#N)cc1. The number of nitrogens with one attached hydrogen (secondary N) is 1. The van der Waals surface area contributed by atoms with Gasteiger partial charge in [-0.1, -0.05) is 24.6 Å². The van der Waals surface area contributed by atoms with E-state index in [1.54, 1.807) is 36.4 Å². The van der Waals surface area contributed by atoms with E-state index in [1.165, 1.54) is 16.4 Å². The van der Waals surface area contributed by atoms with E-state index in [9.17, 15) is 13.2 Å². The van der Waals surface area contributed by atoms with Crippen LogP contribution in [0.5, 0.6) is 0 Å². The van der Waals surface area contributed by atoms with E-state index in [2.05, 4.69) is 11.4 Å². The Kier molecular flexibility index (Phi) is 6.12. The largest absolute Gasteiger partial charge is 0.346 e. The van der Waals surface area contributed by atoms with Crippen LogP contribution in [-0.4, -0.2) is 31.7 Å². The third-order valence-corrected chi connectivity index (χ3v) is 6.83. The van der Waals surface area contributed by atoms with Crippen molar-refractivity contribution in [1.29, 1.82) is 5.26 Å². The van der Waals surface area contributed by atoms with Gasteiger partial charge in [-0.05, 0) is 55.7 Å². The predicted molar refractivity (Wildman–Crippen MR) is 106 cm³/mol. The average Bonchev–Trinajstić information content (AvgIpc) is 2.74. The van der Waals surface area contributed by atoms with Crippen LogP contribution in [0, 0.1) is 11.3 Å². The number of benzene rings is 2. The molecule has 0 saturated carbocycles. The number of piperidine rings is 1. The van der Waals surface area contributed by atoms with E-state index in [0.29, 0.717) is 24.2 Å². The van der Waals surface area contributed by atoms with Gasteiger partial charge in [0.05, 0.1) is 22.6 Å². The maximum absolute atomic E-state index is 12.8. The van der Waals surface area contributed by atoms with E-state index >= 15 is 0 Å². The van der Waals surface area contributed by atoms with Crippen molar-refractivity contribution in [3.63, 3.8) is 0 Å². The number of sulfonamides is 1. The lowest BCUT2D eigenvalue weighted by molar-refractivity contribution is 0.0939. The predicted octanol–water partition coefficient (Wildman–Crippen LogP) is 3.22. The third-order valence-electron chi connectivity index (χ3n) is 4.94. The van der Waals surface area contributed by atoms with Crippen LogP contribution in [-0.2, 0) is 10.0 Å². The van der Waals surface area contributed by atoms with E-state index in [0.717, 1.165) is 24.8 Å². The van der Waals surface area contributed by atoms with Gasteiger partial charge in [-0.25, -0.2) is 8.42 Å². The summed E-state index contributed by atoms with van der Waals surface area (Å²) in [6.07, 6.45) is 2.77.